The van der Waals surface area contributed by atoms with Gasteiger partial charge in [-0.15, -0.1) is 0 Å². The van der Waals surface area contributed by atoms with Crippen LogP contribution in [-0.2, 0) is 9.53 Å². The third-order valence-electron chi connectivity index (χ3n) is 3.08. The van der Waals surface area contributed by atoms with Crippen LogP contribution in [0.5, 0.6) is 0 Å². The highest BCUT2D eigenvalue weighted by Crippen LogP contribution is 2.27. The van der Waals surface area contributed by atoms with Crippen molar-refractivity contribution < 1.29 is 9.53 Å². The molecule has 0 spiro atoms. The number of Topliss-reactive ketones (excluding diaryl/α,β-unsaturated/α-hetero) is 1. The van der Waals surface area contributed by atoms with Gasteiger partial charge in [0, 0.05) is 6.42 Å². The highest BCUT2D eigenvalue weighted by atomic mass is 16.6. The normalized spacial score (nSPS) is 24.1. The number of hydrogen-bond donors (Lipinski definition) is 0. The number of rotatable bonds is 9. The maximum absolute atomic E-state index is 11.5. The summed E-state index contributed by atoms with van der Waals surface area (Å²) in [5, 5.41) is 0. The predicted molar refractivity (Wildman–Crippen MR) is 62.0 cm³/mol. The Morgan fingerprint density at radius 3 is 2.33 bits per heavy atom. The smallest absolute Gasteiger partial charge is 0.164 e. The van der Waals surface area contributed by atoms with Crippen LogP contribution in [0.1, 0.15) is 65.2 Å². The summed E-state index contributed by atoms with van der Waals surface area (Å²) < 4.78 is 5.27. The Kier molecular flexibility index (Phi) is 5.92. The molecule has 88 valence electrons. The first-order valence-electron chi connectivity index (χ1n) is 6.47. The topological polar surface area (TPSA) is 29.6 Å². The molecule has 0 aliphatic carbocycles. The van der Waals surface area contributed by atoms with Gasteiger partial charge in [0.25, 0.3) is 0 Å². The molecular formula is C13H24O2. The van der Waals surface area contributed by atoms with Gasteiger partial charge in [0.05, 0.1) is 6.10 Å². The van der Waals surface area contributed by atoms with Crippen LogP contribution in [0.2, 0.25) is 0 Å². The van der Waals surface area contributed by atoms with E-state index in [1.165, 1.54) is 32.1 Å². The number of hydrogen-bond acceptors (Lipinski definition) is 2. The van der Waals surface area contributed by atoms with Crippen molar-refractivity contribution in [2.45, 2.75) is 77.4 Å². The number of unbranched alkanes of at least 4 members (excludes halogenated alkanes) is 5. The van der Waals surface area contributed by atoms with Crippen LogP contribution >= 0.6 is 0 Å². The Balaban J connectivity index is 1.90. The summed E-state index contributed by atoms with van der Waals surface area (Å²) in [6, 6.07) is 0. The van der Waals surface area contributed by atoms with Gasteiger partial charge in [-0.2, -0.15) is 0 Å². The van der Waals surface area contributed by atoms with Crippen LogP contribution in [0.25, 0.3) is 0 Å². The molecule has 0 N–H and O–H groups in total. The van der Waals surface area contributed by atoms with E-state index in [0.717, 1.165) is 19.3 Å². The number of carbonyl (C=O) groups excluding carboxylic acids is 1. The second-order valence-electron chi connectivity index (χ2n) is 4.49. The van der Waals surface area contributed by atoms with Gasteiger partial charge >= 0.3 is 0 Å². The first-order chi connectivity index (χ1) is 7.29. The SMILES string of the molecule is CCCCCCCCC(=O)[C@@H]1O[C@H]1CC. The zero-order valence-electron chi connectivity index (χ0n) is 10.1. The standard InChI is InChI=1S/C13H24O2/c1-3-5-6-7-8-9-10-11(14)13-12(4-2)15-13/h12-13H,3-10H2,1-2H3/t12-,13-/m0/s1. The van der Waals surface area contributed by atoms with Gasteiger partial charge < -0.3 is 4.74 Å². The van der Waals surface area contributed by atoms with E-state index in [1.54, 1.807) is 0 Å². The average Bonchev–Trinajstić information content (AvgIpc) is 3.02. The molecule has 0 amide bonds. The van der Waals surface area contributed by atoms with Crippen molar-refractivity contribution >= 4 is 5.78 Å². The quantitative estimate of drug-likeness (QED) is 0.432. The molecule has 1 heterocycles. The average molecular weight is 212 g/mol. The number of carbonyl (C=O) groups is 1. The Labute approximate surface area is 93.4 Å². The highest BCUT2D eigenvalue weighted by molar-refractivity contribution is 5.85. The van der Waals surface area contributed by atoms with E-state index in [9.17, 15) is 4.79 Å². The molecule has 0 radical (unpaired) electrons. The Morgan fingerprint density at radius 1 is 1.07 bits per heavy atom. The van der Waals surface area contributed by atoms with E-state index in [1.807, 2.05) is 0 Å². The summed E-state index contributed by atoms with van der Waals surface area (Å²) in [5.74, 6) is 0.331. The van der Waals surface area contributed by atoms with Gasteiger partial charge in [-0.3, -0.25) is 4.79 Å². The van der Waals surface area contributed by atoms with Crippen molar-refractivity contribution in [3.05, 3.63) is 0 Å². The lowest BCUT2D eigenvalue weighted by atomic mass is 10.1. The van der Waals surface area contributed by atoms with Crippen molar-refractivity contribution in [3.8, 4) is 0 Å². The Morgan fingerprint density at radius 2 is 1.73 bits per heavy atom. The fraction of sp³-hybridized carbons (Fsp3) is 0.923. The Bertz CT molecular complexity index is 189. The summed E-state index contributed by atoms with van der Waals surface area (Å²) in [5.41, 5.74) is 0. The van der Waals surface area contributed by atoms with Crippen LogP contribution in [0.3, 0.4) is 0 Å². The van der Waals surface area contributed by atoms with Crippen molar-refractivity contribution in [2.75, 3.05) is 0 Å². The van der Waals surface area contributed by atoms with Gasteiger partial charge in [-0.05, 0) is 12.8 Å². The highest BCUT2D eigenvalue weighted by Gasteiger charge is 2.42. The number of ketones is 1. The maximum atomic E-state index is 11.5. The zero-order chi connectivity index (χ0) is 11.1. The van der Waals surface area contributed by atoms with E-state index in [-0.39, 0.29) is 12.2 Å². The van der Waals surface area contributed by atoms with E-state index >= 15 is 0 Å². The summed E-state index contributed by atoms with van der Waals surface area (Å²) >= 11 is 0. The molecule has 0 aromatic rings. The maximum Gasteiger partial charge on any atom is 0.164 e. The summed E-state index contributed by atoms with van der Waals surface area (Å²) in [7, 11) is 0. The molecule has 0 saturated carbocycles. The molecule has 1 rings (SSSR count). The van der Waals surface area contributed by atoms with Gasteiger partial charge in [0.1, 0.15) is 6.10 Å². The van der Waals surface area contributed by atoms with Gasteiger partial charge in [-0.25, -0.2) is 0 Å². The molecule has 1 aliphatic rings. The largest absolute Gasteiger partial charge is 0.361 e. The monoisotopic (exact) mass is 212 g/mol. The van der Waals surface area contributed by atoms with Crippen LogP contribution in [-0.4, -0.2) is 18.0 Å². The second-order valence-corrected chi connectivity index (χ2v) is 4.49. The molecule has 1 aliphatic heterocycles. The first-order valence-corrected chi connectivity index (χ1v) is 6.47. The lowest BCUT2D eigenvalue weighted by Gasteiger charge is -1.99. The van der Waals surface area contributed by atoms with Crippen LogP contribution in [0.4, 0.5) is 0 Å². The van der Waals surface area contributed by atoms with Gasteiger partial charge in [0.2, 0.25) is 0 Å². The van der Waals surface area contributed by atoms with Crippen LogP contribution in [0, 0.1) is 0 Å². The minimum atomic E-state index is -0.0364. The lowest BCUT2D eigenvalue weighted by molar-refractivity contribution is -0.120. The van der Waals surface area contributed by atoms with Crippen LogP contribution in [0.15, 0.2) is 0 Å². The summed E-state index contributed by atoms with van der Waals surface area (Å²) in [6.45, 7) is 4.29. The van der Waals surface area contributed by atoms with Crippen molar-refractivity contribution in [1.82, 2.24) is 0 Å². The minimum absolute atomic E-state index is 0.0364. The number of epoxide rings is 1. The predicted octanol–water partition coefficient (Wildman–Crippen LogP) is 3.48. The molecule has 2 nitrogen and oxygen atoms in total. The van der Waals surface area contributed by atoms with Crippen molar-refractivity contribution in [2.24, 2.45) is 0 Å². The lowest BCUT2D eigenvalue weighted by Crippen LogP contribution is -2.09. The van der Waals surface area contributed by atoms with Crippen molar-refractivity contribution in [1.29, 1.82) is 0 Å². The van der Waals surface area contributed by atoms with E-state index in [2.05, 4.69) is 13.8 Å². The fourth-order valence-electron chi connectivity index (χ4n) is 1.96. The fourth-order valence-corrected chi connectivity index (χ4v) is 1.96. The molecule has 0 unspecified atom stereocenters. The molecule has 15 heavy (non-hydrogen) atoms. The minimum Gasteiger partial charge on any atom is -0.361 e. The van der Waals surface area contributed by atoms with E-state index < -0.39 is 0 Å². The molecule has 2 atom stereocenters. The molecule has 1 fully saturated rings. The molecule has 2 heteroatoms. The third kappa shape index (κ3) is 4.78. The number of ether oxygens (including phenoxy) is 1. The van der Waals surface area contributed by atoms with Crippen molar-refractivity contribution in [3.63, 3.8) is 0 Å². The summed E-state index contributed by atoms with van der Waals surface area (Å²) in [4.78, 5) is 11.5. The van der Waals surface area contributed by atoms with E-state index in [0.29, 0.717) is 5.78 Å². The van der Waals surface area contributed by atoms with Crippen LogP contribution < -0.4 is 0 Å². The first kappa shape index (κ1) is 12.7. The molecule has 0 aromatic carbocycles. The summed E-state index contributed by atoms with van der Waals surface area (Å²) in [6.07, 6.45) is 9.40. The zero-order valence-corrected chi connectivity index (χ0v) is 10.1. The second kappa shape index (κ2) is 7.00. The van der Waals surface area contributed by atoms with E-state index in [4.69, 9.17) is 4.74 Å². The van der Waals surface area contributed by atoms with Gasteiger partial charge in [0.15, 0.2) is 5.78 Å². The molecule has 0 bridgehead atoms. The molecule has 0 aromatic heterocycles. The third-order valence-corrected chi connectivity index (χ3v) is 3.08. The molecular weight excluding hydrogens is 188 g/mol. The van der Waals surface area contributed by atoms with Gasteiger partial charge in [-0.1, -0.05) is 46.0 Å². The molecule has 1 saturated heterocycles. The Hall–Kier alpha value is -0.370.